The number of methoxy groups -OCH3 is 1. The fraction of sp³-hybridized carbons (Fsp3) is 0.455. The highest BCUT2D eigenvalue weighted by Crippen LogP contribution is 2.31. The van der Waals surface area contributed by atoms with Gasteiger partial charge in [-0.1, -0.05) is 58.0 Å². The number of ether oxygens (including phenoxy) is 1. The molecule has 2 nitrogen and oxygen atoms in total. The van der Waals surface area contributed by atoms with Crippen molar-refractivity contribution in [3.05, 3.63) is 65.0 Å². The SMILES string of the molecule is CC.CC.CO/C(C)=C/C1C(C)=C(C)C=C(c2ccccc2)N1C. The van der Waals surface area contributed by atoms with Gasteiger partial charge in [-0.15, -0.1) is 0 Å². The van der Waals surface area contributed by atoms with E-state index in [4.69, 9.17) is 4.74 Å². The van der Waals surface area contributed by atoms with Crippen LogP contribution in [0.5, 0.6) is 0 Å². The van der Waals surface area contributed by atoms with Crippen LogP contribution in [0.3, 0.4) is 0 Å². The summed E-state index contributed by atoms with van der Waals surface area (Å²) in [6.07, 6.45) is 4.44. The molecule has 0 saturated carbocycles. The first-order chi connectivity index (χ1) is 11.5. The molecule has 2 heteroatoms. The highest BCUT2D eigenvalue weighted by atomic mass is 16.5. The maximum absolute atomic E-state index is 5.32. The minimum atomic E-state index is 0.246. The van der Waals surface area contributed by atoms with Crippen LogP contribution in [-0.4, -0.2) is 25.1 Å². The smallest absolute Gasteiger partial charge is 0.0908 e. The van der Waals surface area contributed by atoms with Gasteiger partial charge in [0.25, 0.3) is 0 Å². The number of benzene rings is 1. The summed E-state index contributed by atoms with van der Waals surface area (Å²) in [6, 6.07) is 10.8. The molecule has 0 amide bonds. The predicted octanol–water partition coefficient (Wildman–Crippen LogP) is 6.28. The monoisotopic (exact) mass is 329 g/mol. The number of rotatable bonds is 3. The summed E-state index contributed by atoms with van der Waals surface area (Å²) >= 11 is 0. The van der Waals surface area contributed by atoms with Gasteiger partial charge >= 0.3 is 0 Å². The van der Waals surface area contributed by atoms with Crippen molar-refractivity contribution in [2.24, 2.45) is 0 Å². The van der Waals surface area contributed by atoms with E-state index in [0.29, 0.717) is 0 Å². The van der Waals surface area contributed by atoms with E-state index in [-0.39, 0.29) is 6.04 Å². The van der Waals surface area contributed by atoms with Crippen LogP contribution in [-0.2, 0) is 4.74 Å². The Bertz CT molecular complexity index is 567. The molecule has 1 atom stereocenters. The Labute approximate surface area is 149 Å². The van der Waals surface area contributed by atoms with Gasteiger partial charge in [0.1, 0.15) is 0 Å². The number of allylic oxidation sites excluding steroid dienone is 3. The molecule has 0 fully saturated rings. The molecular weight excluding hydrogens is 294 g/mol. The fourth-order valence-corrected chi connectivity index (χ4v) is 2.52. The molecule has 2 rings (SSSR count). The lowest BCUT2D eigenvalue weighted by atomic mass is 9.93. The second-order valence-corrected chi connectivity index (χ2v) is 5.30. The van der Waals surface area contributed by atoms with Crippen molar-refractivity contribution in [2.45, 2.75) is 54.5 Å². The molecule has 1 aromatic rings. The van der Waals surface area contributed by atoms with E-state index >= 15 is 0 Å². The molecule has 1 aliphatic heterocycles. The van der Waals surface area contributed by atoms with Crippen LogP contribution in [0.25, 0.3) is 5.70 Å². The van der Waals surface area contributed by atoms with Crippen LogP contribution < -0.4 is 0 Å². The van der Waals surface area contributed by atoms with Gasteiger partial charge in [0.15, 0.2) is 0 Å². The maximum Gasteiger partial charge on any atom is 0.0908 e. The third-order valence-electron chi connectivity index (χ3n) is 4.00. The van der Waals surface area contributed by atoms with Gasteiger partial charge in [-0.3, -0.25) is 0 Å². The topological polar surface area (TPSA) is 12.5 Å². The number of hydrogen-bond donors (Lipinski definition) is 0. The summed E-state index contributed by atoms with van der Waals surface area (Å²) in [5.74, 6) is 0.948. The second-order valence-electron chi connectivity index (χ2n) is 5.30. The molecular formula is C22H35NO. The van der Waals surface area contributed by atoms with Gasteiger partial charge in [0, 0.05) is 12.7 Å². The van der Waals surface area contributed by atoms with Crippen LogP contribution in [0, 0.1) is 0 Å². The molecule has 1 aromatic carbocycles. The van der Waals surface area contributed by atoms with Gasteiger partial charge in [0.05, 0.1) is 18.9 Å². The summed E-state index contributed by atoms with van der Waals surface area (Å²) in [7, 11) is 3.85. The predicted molar refractivity (Wildman–Crippen MR) is 108 cm³/mol. The number of likely N-dealkylation sites (N-methyl/N-ethyl adjacent to an activating group) is 1. The maximum atomic E-state index is 5.32. The summed E-state index contributed by atoms with van der Waals surface area (Å²) in [5.41, 5.74) is 5.19. The van der Waals surface area contributed by atoms with E-state index in [1.165, 1.54) is 22.4 Å². The van der Waals surface area contributed by atoms with Crippen LogP contribution in [0.15, 0.2) is 59.4 Å². The van der Waals surface area contributed by atoms with Crippen molar-refractivity contribution in [3.8, 4) is 0 Å². The third-order valence-corrected chi connectivity index (χ3v) is 4.00. The van der Waals surface area contributed by atoms with E-state index in [1.807, 2.05) is 40.7 Å². The Balaban J connectivity index is 0.00000123. The van der Waals surface area contributed by atoms with Gasteiger partial charge < -0.3 is 9.64 Å². The molecule has 24 heavy (non-hydrogen) atoms. The highest BCUT2D eigenvalue weighted by molar-refractivity contribution is 5.69. The minimum Gasteiger partial charge on any atom is -0.502 e. The largest absolute Gasteiger partial charge is 0.502 e. The molecule has 1 aliphatic rings. The number of nitrogens with zero attached hydrogens (tertiary/aromatic N) is 1. The molecule has 1 unspecified atom stereocenters. The normalized spacial score (nSPS) is 17.2. The molecule has 0 saturated heterocycles. The summed E-state index contributed by atoms with van der Waals surface area (Å²) in [6.45, 7) is 14.4. The molecule has 0 aliphatic carbocycles. The molecule has 0 radical (unpaired) electrons. The van der Waals surface area contributed by atoms with Crippen LogP contribution in [0.2, 0.25) is 0 Å². The Hall–Kier alpha value is -1.96. The van der Waals surface area contributed by atoms with E-state index < -0.39 is 0 Å². The molecule has 0 N–H and O–H groups in total. The third kappa shape index (κ3) is 5.59. The summed E-state index contributed by atoms with van der Waals surface area (Å²) in [5, 5.41) is 0. The molecule has 0 aromatic heterocycles. The Morgan fingerprint density at radius 1 is 1.04 bits per heavy atom. The molecule has 0 spiro atoms. The first kappa shape index (κ1) is 22.0. The van der Waals surface area contributed by atoms with E-state index in [2.05, 4.69) is 62.2 Å². The Morgan fingerprint density at radius 2 is 1.58 bits per heavy atom. The van der Waals surface area contributed by atoms with Crippen molar-refractivity contribution in [1.82, 2.24) is 4.90 Å². The lowest BCUT2D eigenvalue weighted by molar-refractivity contribution is 0.286. The van der Waals surface area contributed by atoms with Crippen LogP contribution in [0.1, 0.15) is 54.0 Å². The molecule has 134 valence electrons. The van der Waals surface area contributed by atoms with Crippen LogP contribution >= 0.6 is 0 Å². The zero-order chi connectivity index (χ0) is 18.7. The van der Waals surface area contributed by atoms with Crippen LogP contribution in [0.4, 0.5) is 0 Å². The Kier molecular flexibility index (Phi) is 10.6. The zero-order valence-electron chi connectivity index (χ0n) is 17.0. The lowest BCUT2D eigenvalue weighted by Gasteiger charge is -2.35. The molecule has 1 heterocycles. The quantitative estimate of drug-likeness (QED) is 0.605. The van der Waals surface area contributed by atoms with Crippen molar-refractivity contribution < 1.29 is 4.74 Å². The van der Waals surface area contributed by atoms with E-state index in [1.54, 1.807) is 7.11 Å². The second kappa shape index (κ2) is 11.6. The first-order valence-corrected chi connectivity index (χ1v) is 8.94. The zero-order valence-corrected chi connectivity index (χ0v) is 17.0. The lowest BCUT2D eigenvalue weighted by Crippen LogP contribution is -2.33. The average Bonchev–Trinajstić information content (AvgIpc) is 2.65. The van der Waals surface area contributed by atoms with Gasteiger partial charge in [0.2, 0.25) is 0 Å². The number of hydrogen-bond acceptors (Lipinski definition) is 2. The minimum absolute atomic E-state index is 0.246. The van der Waals surface area contributed by atoms with Crippen molar-refractivity contribution in [3.63, 3.8) is 0 Å². The fourth-order valence-electron chi connectivity index (χ4n) is 2.52. The highest BCUT2D eigenvalue weighted by Gasteiger charge is 2.23. The first-order valence-electron chi connectivity index (χ1n) is 8.94. The average molecular weight is 330 g/mol. The van der Waals surface area contributed by atoms with Crippen molar-refractivity contribution in [1.29, 1.82) is 0 Å². The van der Waals surface area contributed by atoms with Gasteiger partial charge in [-0.05, 0) is 49.6 Å². The van der Waals surface area contributed by atoms with E-state index in [0.717, 1.165) is 5.76 Å². The van der Waals surface area contributed by atoms with Gasteiger partial charge in [-0.2, -0.15) is 0 Å². The van der Waals surface area contributed by atoms with Crippen molar-refractivity contribution >= 4 is 5.70 Å². The van der Waals surface area contributed by atoms with Crippen molar-refractivity contribution in [2.75, 3.05) is 14.2 Å². The summed E-state index contributed by atoms with van der Waals surface area (Å²) < 4.78 is 5.32. The van der Waals surface area contributed by atoms with Gasteiger partial charge in [-0.25, -0.2) is 0 Å². The Morgan fingerprint density at radius 3 is 2.08 bits per heavy atom. The molecule has 0 bridgehead atoms. The van der Waals surface area contributed by atoms with E-state index in [9.17, 15) is 0 Å². The standard InChI is InChI=1S/C18H23NO.2C2H6/c1-13-11-18(16-9-7-6-8-10-16)19(4)17(15(13)3)12-14(2)20-5;2*1-2/h6-12,17H,1-5H3;2*1-2H3/b14-12+;;. The summed E-state index contributed by atoms with van der Waals surface area (Å²) in [4.78, 5) is 2.31.